The van der Waals surface area contributed by atoms with Crippen molar-refractivity contribution < 1.29 is 32.9 Å². The highest BCUT2D eigenvalue weighted by atomic mass is 19.1. The van der Waals surface area contributed by atoms with Crippen molar-refractivity contribution in [2.75, 3.05) is 6.61 Å². The molecule has 36 heavy (non-hydrogen) atoms. The van der Waals surface area contributed by atoms with Crippen LogP contribution in [0.4, 0.5) is 4.39 Å². The van der Waals surface area contributed by atoms with Gasteiger partial charge in [0.1, 0.15) is 18.3 Å². The Balaban J connectivity index is 1.52. The zero-order valence-electron chi connectivity index (χ0n) is 20.2. The van der Waals surface area contributed by atoms with E-state index in [1.54, 1.807) is 0 Å². The van der Waals surface area contributed by atoms with Crippen molar-refractivity contribution in [2.45, 2.75) is 57.5 Å². The van der Waals surface area contributed by atoms with Crippen LogP contribution in [0.25, 0.3) is 0 Å². The minimum atomic E-state index is -1.75. The molecule has 0 aromatic heterocycles. The molecule has 1 saturated heterocycles. The molecular formula is C29H31FO6. The third kappa shape index (κ3) is 7.45. The Morgan fingerprint density at radius 3 is 1.72 bits per heavy atom. The van der Waals surface area contributed by atoms with Gasteiger partial charge in [-0.1, -0.05) is 91.0 Å². The normalized spacial score (nSPS) is 23.8. The molecule has 0 N–H and O–H groups in total. The van der Waals surface area contributed by atoms with Gasteiger partial charge in [0.25, 0.3) is 0 Å². The molecule has 190 valence electrons. The first-order valence-electron chi connectivity index (χ1n) is 12.0. The van der Waals surface area contributed by atoms with E-state index in [1.165, 1.54) is 6.92 Å². The van der Waals surface area contributed by atoms with Crippen molar-refractivity contribution >= 4 is 5.97 Å². The highest BCUT2D eigenvalue weighted by Crippen LogP contribution is 2.31. The Morgan fingerprint density at radius 2 is 1.22 bits per heavy atom. The molecule has 7 heteroatoms. The Hall–Kier alpha value is -3.10. The van der Waals surface area contributed by atoms with E-state index in [9.17, 15) is 4.79 Å². The van der Waals surface area contributed by atoms with Gasteiger partial charge in [0, 0.05) is 6.92 Å². The third-order valence-corrected chi connectivity index (χ3v) is 5.82. The van der Waals surface area contributed by atoms with Crippen molar-refractivity contribution in [1.82, 2.24) is 0 Å². The molecule has 0 spiro atoms. The monoisotopic (exact) mass is 494 g/mol. The second-order valence-corrected chi connectivity index (χ2v) is 8.62. The minimum Gasteiger partial charge on any atom is -0.433 e. The average molecular weight is 495 g/mol. The van der Waals surface area contributed by atoms with Crippen LogP contribution in [0.15, 0.2) is 91.0 Å². The van der Waals surface area contributed by atoms with Crippen LogP contribution in [-0.2, 0) is 48.3 Å². The van der Waals surface area contributed by atoms with E-state index in [2.05, 4.69) is 0 Å². The largest absolute Gasteiger partial charge is 0.433 e. The lowest BCUT2D eigenvalue weighted by atomic mass is 9.99. The fraction of sp³-hybridized carbons (Fsp3) is 0.345. The smallest absolute Gasteiger partial charge is 0.305 e. The summed E-state index contributed by atoms with van der Waals surface area (Å²) >= 11 is 0. The zero-order valence-corrected chi connectivity index (χ0v) is 20.2. The van der Waals surface area contributed by atoms with Gasteiger partial charge >= 0.3 is 5.97 Å². The van der Waals surface area contributed by atoms with Crippen LogP contribution in [0.5, 0.6) is 0 Å². The summed E-state index contributed by atoms with van der Waals surface area (Å²) in [6.45, 7) is 2.07. The standard InChI is InChI=1S/C29H31FO6/c1-21(31)35-29-26(30)28(34-19-24-15-9-4-10-16-24)27(33-18-23-13-7-3-8-14-23)25(36-29)20-32-17-22-11-5-2-6-12-22/h2-16,25-29H,17-20H2,1H3/t25-,26-,27-,28-,29?/m1/s1. The molecule has 1 aliphatic heterocycles. The number of esters is 1. The second kappa shape index (κ2) is 13.3. The average Bonchev–Trinajstić information content (AvgIpc) is 2.90. The lowest BCUT2D eigenvalue weighted by Crippen LogP contribution is -2.59. The Labute approximate surface area is 210 Å². The summed E-state index contributed by atoms with van der Waals surface area (Å²) in [4.78, 5) is 11.7. The van der Waals surface area contributed by atoms with Crippen molar-refractivity contribution in [3.63, 3.8) is 0 Å². The van der Waals surface area contributed by atoms with Gasteiger partial charge in [-0.2, -0.15) is 0 Å². The fourth-order valence-corrected chi connectivity index (χ4v) is 4.05. The van der Waals surface area contributed by atoms with Gasteiger partial charge in [0.15, 0.2) is 6.17 Å². The molecule has 0 saturated carbocycles. The van der Waals surface area contributed by atoms with Gasteiger partial charge in [-0.15, -0.1) is 0 Å². The first-order chi connectivity index (χ1) is 17.6. The molecular weight excluding hydrogens is 463 g/mol. The zero-order chi connectivity index (χ0) is 25.2. The number of halogens is 1. The number of carbonyl (C=O) groups is 1. The van der Waals surface area contributed by atoms with E-state index in [-0.39, 0.29) is 19.8 Å². The lowest BCUT2D eigenvalue weighted by Gasteiger charge is -2.42. The number of ether oxygens (including phenoxy) is 5. The SMILES string of the molecule is CC(=O)OC1O[C@H](COCc2ccccc2)[C@@H](OCc2ccccc2)[C@H](OCc2ccccc2)[C@H]1F. The number of benzene rings is 3. The molecule has 0 radical (unpaired) electrons. The first-order valence-corrected chi connectivity index (χ1v) is 12.0. The summed E-state index contributed by atoms with van der Waals surface area (Å²) in [6.07, 6.45) is -5.74. The van der Waals surface area contributed by atoms with Crippen LogP contribution < -0.4 is 0 Å². The Bertz CT molecular complexity index is 1050. The molecule has 1 heterocycles. The molecule has 0 amide bonds. The molecule has 1 unspecified atom stereocenters. The highest BCUT2D eigenvalue weighted by Gasteiger charge is 2.49. The van der Waals surface area contributed by atoms with Crippen LogP contribution in [0.1, 0.15) is 23.6 Å². The lowest BCUT2D eigenvalue weighted by molar-refractivity contribution is -0.297. The van der Waals surface area contributed by atoms with E-state index in [0.29, 0.717) is 6.61 Å². The van der Waals surface area contributed by atoms with Gasteiger partial charge in [0.2, 0.25) is 6.29 Å². The van der Waals surface area contributed by atoms with Crippen molar-refractivity contribution in [3.05, 3.63) is 108 Å². The molecule has 0 bridgehead atoms. The molecule has 3 aromatic rings. The maximum absolute atomic E-state index is 15.7. The highest BCUT2D eigenvalue weighted by molar-refractivity contribution is 5.66. The van der Waals surface area contributed by atoms with Crippen molar-refractivity contribution in [3.8, 4) is 0 Å². The molecule has 1 aliphatic rings. The van der Waals surface area contributed by atoms with Gasteiger partial charge in [0.05, 0.1) is 26.4 Å². The van der Waals surface area contributed by atoms with E-state index in [0.717, 1.165) is 16.7 Å². The van der Waals surface area contributed by atoms with Gasteiger partial charge in [-0.25, -0.2) is 4.39 Å². The van der Waals surface area contributed by atoms with Crippen LogP contribution in [-0.4, -0.2) is 43.3 Å². The second-order valence-electron chi connectivity index (χ2n) is 8.62. The van der Waals surface area contributed by atoms with Crippen molar-refractivity contribution in [1.29, 1.82) is 0 Å². The Morgan fingerprint density at radius 1 is 0.750 bits per heavy atom. The molecule has 6 nitrogen and oxygen atoms in total. The summed E-state index contributed by atoms with van der Waals surface area (Å²) in [5, 5.41) is 0. The van der Waals surface area contributed by atoms with Crippen LogP contribution >= 0.6 is 0 Å². The van der Waals surface area contributed by atoms with Crippen LogP contribution in [0, 0.1) is 0 Å². The van der Waals surface area contributed by atoms with Gasteiger partial charge < -0.3 is 23.7 Å². The predicted octanol–water partition coefficient (Wildman–Crippen LogP) is 5.00. The topological polar surface area (TPSA) is 63.2 Å². The minimum absolute atomic E-state index is 0.101. The van der Waals surface area contributed by atoms with E-state index >= 15 is 4.39 Å². The molecule has 3 aromatic carbocycles. The van der Waals surface area contributed by atoms with Gasteiger partial charge in [-0.05, 0) is 16.7 Å². The molecule has 0 aliphatic carbocycles. The molecule has 5 atom stereocenters. The molecule has 4 rings (SSSR count). The summed E-state index contributed by atoms with van der Waals surface area (Å²) < 4.78 is 44.9. The van der Waals surface area contributed by atoms with E-state index in [1.807, 2.05) is 91.0 Å². The van der Waals surface area contributed by atoms with Gasteiger partial charge in [-0.3, -0.25) is 4.79 Å². The summed E-state index contributed by atoms with van der Waals surface area (Å²) in [5.41, 5.74) is 2.81. The van der Waals surface area contributed by atoms with E-state index in [4.69, 9.17) is 23.7 Å². The number of hydrogen-bond acceptors (Lipinski definition) is 6. The number of hydrogen-bond donors (Lipinski definition) is 0. The third-order valence-electron chi connectivity index (χ3n) is 5.82. The number of rotatable bonds is 11. The van der Waals surface area contributed by atoms with Crippen LogP contribution in [0.3, 0.4) is 0 Å². The van der Waals surface area contributed by atoms with E-state index < -0.39 is 36.7 Å². The Kier molecular flexibility index (Phi) is 9.58. The summed E-state index contributed by atoms with van der Waals surface area (Å²) in [5.74, 6) is -0.642. The summed E-state index contributed by atoms with van der Waals surface area (Å²) in [7, 11) is 0. The van der Waals surface area contributed by atoms with Crippen LogP contribution in [0.2, 0.25) is 0 Å². The molecule has 1 fully saturated rings. The predicted molar refractivity (Wildman–Crippen MR) is 131 cm³/mol. The summed E-state index contributed by atoms with van der Waals surface area (Å²) in [6, 6.07) is 28.8. The first kappa shape index (κ1) is 26.0. The fourth-order valence-electron chi connectivity index (χ4n) is 4.05. The number of carbonyl (C=O) groups excluding carboxylic acids is 1. The maximum Gasteiger partial charge on any atom is 0.305 e. The quantitative estimate of drug-likeness (QED) is 0.350. The maximum atomic E-state index is 15.7. The van der Waals surface area contributed by atoms with Crippen molar-refractivity contribution in [2.24, 2.45) is 0 Å². The number of alkyl halides is 1.